The topological polar surface area (TPSA) is 174 Å². The monoisotopic (exact) mass is 470 g/mol. The molecule has 3 aromatic carbocycles. The van der Waals surface area contributed by atoms with Gasteiger partial charge in [-0.1, -0.05) is 6.07 Å². The fourth-order valence-electron chi connectivity index (χ4n) is 3.33. The molecular formula is C24H22O10. The van der Waals surface area contributed by atoms with Crippen molar-refractivity contribution in [2.24, 2.45) is 0 Å². The lowest BCUT2D eigenvalue weighted by atomic mass is 10.1. The number of carbonyl (C=O) groups is 2. The molecule has 3 aromatic rings. The van der Waals surface area contributed by atoms with E-state index in [9.17, 15) is 40.2 Å². The standard InChI is InChI=1S/C24H22O10/c25-15-4-13(5-16(26)8-15)21(11-23(29)30)33-19-2-1-3-20(10-19)34-22(12-24(31)32)14-6-17(27)9-18(28)7-14/h1-10,21-22,25-28H,11-12H2,(H,29,30)(H,31,32). The zero-order valence-corrected chi connectivity index (χ0v) is 17.7. The van der Waals surface area contributed by atoms with Gasteiger partial charge in [0.2, 0.25) is 0 Å². The largest absolute Gasteiger partial charge is 0.508 e. The van der Waals surface area contributed by atoms with E-state index in [1.54, 1.807) is 6.07 Å². The maximum Gasteiger partial charge on any atom is 0.307 e. The minimum Gasteiger partial charge on any atom is -0.508 e. The molecule has 0 saturated heterocycles. The highest BCUT2D eigenvalue weighted by molar-refractivity contribution is 5.68. The van der Waals surface area contributed by atoms with Gasteiger partial charge in [0.05, 0.1) is 12.8 Å². The number of aliphatic carboxylic acids is 2. The molecule has 0 aliphatic heterocycles. The lowest BCUT2D eigenvalue weighted by molar-refractivity contribution is -0.140. The van der Waals surface area contributed by atoms with E-state index in [1.807, 2.05) is 0 Å². The Balaban J connectivity index is 1.87. The number of aromatic hydroxyl groups is 4. The summed E-state index contributed by atoms with van der Waals surface area (Å²) < 4.78 is 11.6. The lowest BCUT2D eigenvalue weighted by Crippen LogP contribution is -2.14. The second kappa shape index (κ2) is 10.3. The molecule has 0 aliphatic rings. The number of ether oxygens (including phenoxy) is 2. The van der Waals surface area contributed by atoms with Gasteiger partial charge in [-0.15, -0.1) is 0 Å². The molecule has 0 bridgehead atoms. The van der Waals surface area contributed by atoms with Gasteiger partial charge < -0.3 is 40.1 Å². The Hall–Kier alpha value is -4.60. The van der Waals surface area contributed by atoms with Crippen LogP contribution in [-0.2, 0) is 9.59 Å². The SMILES string of the molecule is O=C(O)CC(Oc1cccc(OC(CC(=O)O)c2cc(O)cc(O)c2)c1)c1cc(O)cc(O)c1. The predicted molar refractivity (Wildman–Crippen MR) is 117 cm³/mol. The molecular weight excluding hydrogens is 448 g/mol. The van der Waals surface area contributed by atoms with E-state index >= 15 is 0 Å². The van der Waals surface area contributed by atoms with Gasteiger partial charge in [-0.05, 0) is 36.4 Å². The number of carboxylic acids is 2. The number of phenols is 4. The Morgan fingerprint density at radius 3 is 1.29 bits per heavy atom. The van der Waals surface area contributed by atoms with Crippen molar-refractivity contribution in [2.75, 3.05) is 0 Å². The van der Waals surface area contributed by atoms with Gasteiger partial charge in [0.1, 0.15) is 46.7 Å². The third kappa shape index (κ3) is 6.70. The van der Waals surface area contributed by atoms with Crippen LogP contribution in [0.1, 0.15) is 36.2 Å². The van der Waals surface area contributed by atoms with E-state index in [1.165, 1.54) is 42.5 Å². The van der Waals surface area contributed by atoms with Crippen molar-refractivity contribution in [3.63, 3.8) is 0 Å². The lowest BCUT2D eigenvalue weighted by Gasteiger charge is -2.21. The number of phenolic OH excluding ortho intramolecular Hbond substituents is 4. The summed E-state index contributed by atoms with van der Waals surface area (Å²) in [5, 5.41) is 57.5. The first-order chi connectivity index (χ1) is 16.1. The van der Waals surface area contributed by atoms with Crippen molar-refractivity contribution in [2.45, 2.75) is 25.0 Å². The highest BCUT2D eigenvalue weighted by Crippen LogP contribution is 2.34. The number of hydrogen-bond acceptors (Lipinski definition) is 8. The highest BCUT2D eigenvalue weighted by Gasteiger charge is 2.22. The molecule has 2 unspecified atom stereocenters. The van der Waals surface area contributed by atoms with Crippen molar-refractivity contribution in [1.82, 2.24) is 0 Å². The average molecular weight is 470 g/mol. The minimum atomic E-state index is -1.18. The van der Waals surface area contributed by atoms with Crippen LogP contribution >= 0.6 is 0 Å². The summed E-state index contributed by atoms with van der Waals surface area (Å²) in [6.07, 6.45) is -3.08. The predicted octanol–water partition coefficient (Wildman–Crippen LogP) is 3.70. The maximum atomic E-state index is 11.3. The smallest absolute Gasteiger partial charge is 0.307 e. The Bertz CT molecular complexity index is 1060. The molecule has 6 N–H and O–H groups in total. The zero-order chi connectivity index (χ0) is 24.8. The van der Waals surface area contributed by atoms with Crippen LogP contribution in [0.5, 0.6) is 34.5 Å². The summed E-state index contributed by atoms with van der Waals surface area (Å²) >= 11 is 0. The normalized spacial score (nSPS) is 12.5. The van der Waals surface area contributed by atoms with E-state index in [0.717, 1.165) is 12.1 Å². The molecule has 34 heavy (non-hydrogen) atoms. The Labute approximate surface area is 193 Å². The number of carboxylic acid groups (broad SMARTS) is 2. The van der Waals surface area contributed by atoms with Gasteiger partial charge in [0.25, 0.3) is 0 Å². The van der Waals surface area contributed by atoms with Gasteiger partial charge in [-0.2, -0.15) is 0 Å². The summed E-state index contributed by atoms with van der Waals surface area (Å²) in [5.41, 5.74) is 0.454. The van der Waals surface area contributed by atoms with Gasteiger partial charge >= 0.3 is 11.9 Å². The third-order valence-electron chi connectivity index (χ3n) is 4.68. The molecule has 3 rings (SSSR count). The quantitative estimate of drug-likeness (QED) is 0.256. The molecule has 10 heteroatoms. The van der Waals surface area contributed by atoms with Gasteiger partial charge in [0, 0.05) is 29.3 Å². The van der Waals surface area contributed by atoms with Crippen molar-refractivity contribution in [1.29, 1.82) is 0 Å². The van der Waals surface area contributed by atoms with E-state index in [-0.39, 0.29) is 45.6 Å². The molecule has 0 aromatic heterocycles. The molecule has 178 valence electrons. The fraction of sp³-hybridized carbons (Fsp3) is 0.167. The fourth-order valence-corrected chi connectivity index (χ4v) is 3.33. The van der Waals surface area contributed by atoms with Crippen LogP contribution in [0.4, 0.5) is 0 Å². The molecule has 0 heterocycles. The second-order valence-corrected chi connectivity index (χ2v) is 7.45. The van der Waals surface area contributed by atoms with Crippen LogP contribution in [0.15, 0.2) is 60.7 Å². The van der Waals surface area contributed by atoms with Gasteiger partial charge in [-0.25, -0.2) is 0 Å². The van der Waals surface area contributed by atoms with Crippen molar-refractivity contribution < 1.29 is 49.7 Å². The van der Waals surface area contributed by atoms with Crippen LogP contribution in [0.25, 0.3) is 0 Å². The number of hydrogen-bond donors (Lipinski definition) is 6. The van der Waals surface area contributed by atoms with Crippen LogP contribution in [0.3, 0.4) is 0 Å². The Morgan fingerprint density at radius 2 is 0.971 bits per heavy atom. The van der Waals surface area contributed by atoms with E-state index < -0.39 is 37.0 Å². The second-order valence-electron chi connectivity index (χ2n) is 7.45. The average Bonchev–Trinajstić information content (AvgIpc) is 2.71. The maximum absolute atomic E-state index is 11.3. The first-order valence-corrected chi connectivity index (χ1v) is 10.0. The van der Waals surface area contributed by atoms with Crippen molar-refractivity contribution >= 4 is 11.9 Å². The van der Waals surface area contributed by atoms with Crippen molar-refractivity contribution in [3.8, 4) is 34.5 Å². The molecule has 2 atom stereocenters. The Kier molecular flexibility index (Phi) is 7.32. The molecule has 0 radical (unpaired) electrons. The molecule has 10 nitrogen and oxygen atoms in total. The van der Waals surface area contributed by atoms with Crippen molar-refractivity contribution in [3.05, 3.63) is 71.8 Å². The first kappa shape index (κ1) is 24.1. The summed E-state index contributed by atoms with van der Waals surface area (Å²) in [5.74, 6) is -3.06. The van der Waals surface area contributed by atoms with Crippen LogP contribution < -0.4 is 9.47 Å². The van der Waals surface area contributed by atoms with E-state index in [2.05, 4.69) is 0 Å². The Morgan fingerprint density at radius 1 is 0.618 bits per heavy atom. The van der Waals surface area contributed by atoms with Gasteiger partial charge in [0.15, 0.2) is 0 Å². The third-order valence-corrected chi connectivity index (χ3v) is 4.68. The molecule has 0 spiro atoms. The number of benzene rings is 3. The number of rotatable bonds is 10. The summed E-state index contributed by atoms with van der Waals surface area (Å²) in [6.45, 7) is 0. The first-order valence-electron chi connectivity index (χ1n) is 10.0. The van der Waals surface area contributed by atoms with Crippen LogP contribution in [0.2, 0.25) is 0 Å². The molecule has 0 saturated carbocycles. The summed E-state index contributed by atoms with van der Waals surface area (Å²) in [4.78, 5) is 22.7. The van der Waals surface area contributed by atoms with Gasteiger partial charge in [-0.3, -0.25) is 9.59 Å². The minimum absolute atomic E-state index is 0.180. The molecule has 0 amide bonds. The van der Waals surface area contributed by atoms with E-state index in [4.69, 9.17) is 9.47 Å². The summed E-state index contributed by atoms with van der Waals surface area (Å²) in [6, 6.07) is 13.3. The molecule has 0 aliphatic carbocycles. The zero-order valence-electron chi connectivity index (χ0n) is 17.7. The van der Waals surface area contributed by atoms with E-state index in [0.29, 0.717) is 0 Å². The molecule has 0 fully saturated rings. The highest BCUT2D eigenvalue weighted by atomic mass is 16.5. The van der Waals surface area contributed by atoms with Crippen LogP contribution in [0, 0.1) is 0 Å². The summed E-state index contributed by atoms with van der Waals surface area (Å²) in [7, 11) is 0. The van der Waals surface area contributed by atoms with Crippen LogP contribution in [-0.4, -0.2) is 42.6 Å².